The van der Waals surface area contributed by atoms with E-state index in [0.29, 0.717) is 36.7 Å². The number of carbonyl (C=O) groups is 1. The first-order valence-electron chi connectivity index (χ1n) is 12.9. The second kappa shape index (κ2) is 11.6. The van der Waals surface area contributed by atoms with Gasteiger partial charge in [-0.15, -0.1) is 0 Å². The number of ether oxygens (including phenoxy) is 1. The van der Waals surface area contributed by atoms with Crippen molar-refractivity contribution in [2.75, 3.05) is 30.4 Å². The molecule has 3 heterocycles. The maximum atomic E-state index is 12.1. The lowest BCUT2D eigenvalue weighted by Gasteiger charge is -2.29. The normalized spacial score (nSPS) is 20.7. The number of rotatable bonds is 9. The van der Waals surface area contributed by atoms with Crippen LogP contribution in [0.1, 0.15) is 49.3 Å². The third kappa shape index (κ3) is 6.29. The summed E-state index contributed by atoms with van der Waals surface area (Å²) in [4.78, 5) is 25.4. The zero-order chi connectivity index (χ0) is 25.8. The van der Waals surface area contributed by atoms with Gasteiger partial charge in [0, 0.05) is 35.9 Å². The Labute approximate surface area is 221 Å². The Morgan fingerprint density at radius 2 is 1.84 bits per heavy atom. The molecule has 1 atom stereocenters. The smallest absolute Gasteiger partial charge is 0.253 e. The molecule has 0 spiro atoms. The van der Waals surface area contributed by atoms with Gasteiger partial charge < -0.3 is 25.8 Å². The fourth-order valence-corrected chi connectivity index (χ4v) is 5.06. The second-order valence-corrected chi connectivity index (χ2v) is 10.4. The number of hydrogen-bond acceptors (Lipinski definition) is 8. The van der Waals surface area contributed by atoms with Gasteiger partial charge in [-0.05, 0) is 62.6 Å². The Hall–Kier alpha value is -3.01. The third-order valence-corrected chi connectivity index (χ3v) is 7.73. The minimum Gasteiger partial charge on any atom is -0.378 e. The number of aliphatic hydroxyl groups excluding tert-OH is 1. The van der Waals surface area contributed by atoms with Gasteiger partial charge in [0.2, 0.25) is 5.95 Å². The van der Waals surface area contributed by atoms with Crippen LogP contribution in [0.5, 0.6) is 0 Å². The minimum absolute atomic E-state index is 0.0337. The average Bonchev–Trinajstić information content (AvgIpc) is 2.89. The molecule has 1 aromatic carbocycles. The lowest BCUT2D eigenvalue weighted by atomic mass is 9.84. The molecule has 3 aromatic rings. The Morgan fingerprint density at radius 3 is 2.54 bits per heavy atom. The molecule has 2 fully saturated rings. The van der Waals surface area contributed by atoms with E-state index in [2.05, 4.69) is 38.1 Å². The standard InChI is InChI=1S/C27H33ClN6O3/c1-16-2-5-18-6-9-22(34-24(18)23(16)28)32-20-7-3-17(4-8-20)10-11-29-27-30-12-19(13-31-27)25(35)26(36)33-21-14-37-15-21/h2,5-6,9,12-13,17,20-21,25,35H,3-4,7-8,10-11,14-15H2,1H3,(H,32,34)(H,33,36)(H,29,30,31)/t17-,20-,25-/m1/s1. The molecule has 37 heavy (non-hydrogen) atoms. The molecule has 2 aliphatic rings. The lowest BCUT2D eigenvalue weighted by molar-refractivity contribution is -0.133. The van der Waals surface area contributed by atoms with E-state index < -0.39 is 12.0 Å². The molecule has 0 bridgehead atoms. The number of halogens is 1. The summed E-state index contributed by atoms with van der Waals surface area (Å²) in [5.74, 6) is 1.56. The van der Waals surface area contributed by atoms with E-state index >= 15 is 0 Å². The molecular formula is C27H33ClN6O3. The van der Waals surface area contributed by atoms with Gasteiger partial charge in [-0.25, -0.2) is 15.0 Å². The number of aryl methyl sites for hydroxylation is 1. The predicted molar refractivity (Wildman–Crippen MR) is 144 cm³/mol. The molecule has 0 radical (unpaired) electrons. The highest BCUT2D eigenvalue weighted by molar-refractivity contribution is 6.35. The van der Waals surface area contributed by atoms with Crippen molar-refractivity contribution in [2.24, 2.45) is 5.92 Å². The highest BCUT2D eigenvalue weighted by atomic mass is 35.5. The maximum Gasteiger partial charge on any atom is 0.253 e. The molecule has 196 valence electrons. The van der Waals surface area contributed by atoms with E-state index in [1.807, 2.05) is 19.1 Å². The number of carbonyl (C=O) groups excluding carboxylic acids is 1. The Kier molecular flexibility index (Phi) is 8.02. The fraction of sp³-hybridized carbons (Fsp3) is 0.481. The van der Waals surface area contributed by atoms with Crippen LogP contribution in [0.4, 0.5) is 11.8 Å². The summed E-state index contributed by atoms with van der Waals surface area (Å²) in [5, 5.41) is 21.6. The van der Waals surface area contributed by atoms with Crippen LogP contribution in [0, 0.1) is 12.8 Å². The number of fused-ring (bicyclic) bond motifs is 1. The Bertz CT molecular complexity index is 1230. The van der Waals surface area contributed by atoms with Crippen LogP contribution in [0.25, 0.3) is 10.9 Å². The van der Waals surface area contributed by atoms with Crippen LogP contribution in [0.2, 0.25) is 5.02 Å². The van der Waals surface area contributed by atoms with E-state index in [1.54, 1.807) is 0 Å². The van der Waals surface area contributed by atoms with E-state index in [4.69, 9.17) is 21.3 Å². The maximum absolute atomic E-state index is 12.1. The van der Waals surface area contributed by atoms with Crippen LogP contribution < -0.4 is 16.0 Å². The van der Waals surface area contributed by atoms with Crippen LogP contribution in [-0.2, 0) is 9.53 Å². The van der Waals surface area contributed by atoms with Gasteiger partial charge in [-0.3, -0.25) is 4.79 Å². The Balaban J connectivity index is 1.04. The molecule has 1 aliphatic carbocycles. The summed E-state index contributed by atoms with van der Waals surface area (Å²) in [7, 11) is 0. The van der Waals surface area contributed by atoms with Crippen molar-refractivity contribution in [1.29, 1.82) is 0 Å². The van der Waals surface area contributed by atoms with Crippen molar-refractivity contribution < 1.29 is 14.6 Å². The molecule has 9 nitrogen and oxygen atoms in total. The lowest BCUT2D eigenvalue weighted by Crippen LogP contribution is -2.50. The minimum atomic E-state index is -1.29. The summed E-state index contributed by atoms with van der Waals surface area (Å²) < 4.78 is 5.03. The SMILES string of the molecule is Cc1ccc2ccc(N[C@H]3CC[C@H](CCNc4ncc([C@@H](O)C(=O)NC5COC5)cn4)CC3)nc2c1Cl. The third-order valence-electron chi connectivity index (χ3n) is 7.25. The first-order chi connectivity index (χ1) is 18.0. The molecule has 4 N–H and O–H groups in total. The molecular weight excluding hydrogens is 492 g/mol. The van der Waals surface area contributed by atoms with Gasteiger partial charge in [0.15, 0.2) is 6.10 Å². The van der Waals surface area contributed by atoms with Crippen molar-refractivity contribution >= 4 is 40.2 Å². The molecule has 1 aliphatic heterocycles. The molecule has 0 unspecified atom stereocenters. The van der Waals surface area contributed by atoms with E-state index in [0.717, 1.165) is 66.0 Å². The fourth-order valence-electron chi connectivity index (χ4n) is 4.85. The summed E-state index contributed by atoms with van der Waals surface area (Å²) >= 11 is 6.47. The number of amides is 1. The number of nitrogens with one attached hydrogen (secondary N) is 3. The average molecular weight is 525 g/mol. The Morgan fingerprint density at radius 1 is 1.11 bits per heavy atom. The monoisotopic (exact) mass is 524 g/mol. The molecule has 5 rings (SSSR count). The largest absolute Gasteiger partial charge is 0.378 e. The van der Waals surface area contributed by atoms with E-state index in [-0.39, 0.29) is 6.04 Å². The first-order valence-corrected chi connectivity index (χ1v) is 13.3. The van der Waals surface area contributed by atoms with Gasteiger partial charge in [0.05, 0.1) is 29.8 Å². The predicted octanol–water partition coefficient (Wildman–Crippen LogP) is 4.01. The number of benzene rings is 1. The summed E-state index contributed by atoms with van der Waals surface area (Å²) in [5.41, 5.74) is 2.25. The number of aliphatic hydroxyl groups is 1. The van der Waals surface area contributed by atoms with Gasteiger partial charge >= 0.3 is 0 Å². The van der Waals surface area contributed by atoms with Gasteiger partial charge in [-0.1, -0.05) is 23.7 Å². The van der Waals surface area contributed by atoms with Crippen LogP contribution in [-0.4, -0.2) is 57.8 Å². The number of pyridine rings is 1. The van der Waals surface area contributed by atoms with E-state index in [1.165, 1.54) is 12.4 Å². The van der Waals surface area contributed by atoms with Crippen LogP contribution in [0.3, 0.4) is 0 Å². The van der Waals surface area contributed by atoms with Gasteiger partial charge in [0.1, 0.15) is 5.82 Å². The van der Waals surface area contributed by atoms with Crippen molar-refractivity contribution in [1.82, 2.24) is 20.3 Å². The number of aromatic nitrogens is 3. The molecule has 1 saturated heterocycles. The zero-order valence-corrected chi connectivity index (χ0v) is 21.7. The summed E-state index contributed by atoms with van der Waals surface area (Å²) in [6.07, 6.45) is 7.24. The van der Waals surface area contributed by atoms with Crippen molar-refractivity contribution in [3.63, 3.8) is 0 Å². The second-order valence-electron chi connectivity index (χ2n) is 10.0. The summed E-state index contributed by atoms with van der Waals surface area (Å²) in [6, 6.07) is 8.56. The van der Waals surface area contributed by atoms with Gasteiger partial charge in [0.25, 0.3) is 5.91 Å². The topological polar surface area (TPSA) is 121 Å². The van der Waals surface area contributed by atoms with Crippen molar-refractivity contribution in [2.45, 2.75) is 57.2 Å². The van der Waals surface area contributed by atoms with Gasteiger partial charge in [-0.2, -0.15) is 0 Å². The van der Waals surface area contributed by atoms with Crippen LogP contribution in [0.15, 0.2) is 36.7 Å². The van der Waals surface area contributed by atoms with Crippen molar-refractivity contribution in [3.8, 4) is 0 Å². The zero-order valence-electron chi connectivity index (χ0n) is 20.9. The first kappa shape index (κ1) is 25.6. The number of nitrogens with zero attached hydrogens (tertiary/aromatic N) is 3. The molecule has 10 heteroatoms. The quantitative estimate of drug-likeness (QED) is 0.331. The number of hydrogen-bond donors (Lipinski definition) is 4. The van der Waals surface area contributed by atoms with Crippen molar-refractivity contribution in [3.05, 3.63) is 52.8 Å². The molecule has 1 saturated carbocycles. The van der Waals surface area contributed by atoms with E-state index in [9.17, 15) is 9.90 Å². The summed E-state index contributed by atoms with van der Waals surface area (Å²) in [6.45, 7) is 3.73. The molecule has 1 amide bonds. The van der Waals surface area contributed by atoms with Crippen LogP contribution >= 0.6 is 11.6 Å². The highest BCUT2D eigenvalue weighted by Crippen LogP contribution is 2.30. The number of anilines is 2. The molecule has 2 aromatic heterocycles. The highest BCUT2D eigenvalue weighted by Gasteiger charge is 2.26.